The van der Waals surface area contributed by atoms with Gasteiger partial charge in [-0.25, -0.2) is 0 Å². The Kier molecular flexibility index (Phi) is 10.1. The van der Waals surface area contributed by atoms with E-state index in [9.17, 15) is 0 Å². The lowest BCUT2D eigenvalue weighted by atomic mass is 10.1. The van der Waals surface area contributed by atoms with Crippen molar-refractivity contribution in [2.75, 3.05) is 19.7 Å². The van der Waals surface area contributed by atoms with Crippen molar-refractivity contribution >= 4 is 5.96 Å². The lowest BCUT2D eigenvalue weighted by molar-refractivity contribution is 0.117. The largest absolute Gasteiger partial charge is 0.377 e. The third-order valence-corrected chi connectivity index (χ3v) is 3.79. The van der Waals surface area contributed by atoms with Crippen molar-refractivity contribution in [3.63, 3.8) is 0 Å². The molecule has 0 radical (unpaired) electrons. The SMILES string of the molecule is CCNC(=NCCCCOCc1ccccc1)NC(C)C(C)C. The summed E-state index contributed by atoms with van der Waals surface area (Å²) in [4.78, 5) is 4.63. The Bertz CT molecular complexity index is 432. The van der Waals surface area contributed by atoms with Gasteiger partial charge < -0.3 is 15.4 Å². The van der Waals surface area contributed by atoms with Gasteiger partial charge >= 0.3 is 0 Å². The van der Waals surface area contributed by atoms with Crippen LogP contribution in [0.3, 0.4) is 0 Å². The number of hydrogen-bond donors (Lipinski definition) is 2. The van der Waals surface area contributed by atoms with Crippen LogP contribution in [0.4, 0.5) is 0 Å². The van der Waals surface area contributed by atoms with Crippen molar-refractivity contribution in [3.8, 4) is 0 Å². The monoisotopic (exact) mass is 319 g/mol. The van der Waals surface area contributed by atoms with Crippen molar-refractivity contribution in [1.29, 1.82) is 0 Å². The summed E-state index contributed by atoms with van der Waals surface area (Å²) in [6.07, 6.45) is 2.08. The number of nitrogens with zero attached hydrogens (tertiary/aromatic N) is 1. The molecule has 2 N–H and O–H groups in total. The van der Waals surface area contributed by atoms with Gasteiger partial charge in [-0.3, -0.25) is 4.99 Å². The number of rotatable bonds is 10. The first-order valence-electron chi connectivity index (χ1n) is 8.80. The van der Waals surface area contributed by atoms with Gasteiger partial charge in [0.25, 0.3) is 0 Å². The number of ether oxygens (including phenoxy) is 1. The molecule has 0 bridgehead atoms. The molecule has 0 aromatic heterocycles. The standard InChI is InChI=1S/C19H33N3O/c1-5-20-19(22-17(4)16(2)3)21-13-9-10-14-23-15-18-11-7-6-8-12-18/h6-8,11-12,16-17H,5,9-10,13-15H2,1-4H3,(H2,20,21,22). The number of hydrogen-bond acceptors (Lipinski definition) is 2. The third-order valence-electron chi connectivity index (χ3n) is 3.79. The summed E-state index contributed by atoms with van der Waals surface area (Å²) in [7, 11) is 0. The zero-order valence-corrected chi connectivity index (χ0v) is 15.1. The molecule has 4 heteroatoms. The van der Waals surface area contributed by atoms with Gasteiger partial charge in [-0.2, -0.15) is 0 Å². The first kappa shape index (κ1) is 19.5. The number of unbranched alkanes of at least 4 members (excludes halogenated alkanes) is 1. The van der Waals surface area contributed by atoms with Crippen LogP contribution in [-0.2, 0) is 11.3 Å². The number of aliphatic imine (C=N–C) groups is 1. The van der Waals surface area contributed by atoms with Crippen LogP contribution in [0.5, 0.6) is 0 Å². The molecule has 130 valence electrons. The maximum absolute atomic E-state index is 5.69. The van der Waals surface area contributed by atoms with E-state index in [1.54, 1.807) is 0 Å². The topological polar surface area (TPSA) is 45.7 Å². The zero-order valence-electron chi connectivity index (χ0n) is 15.1. The predicted octanol–water partition coefficient (Wildman–Crippen LogP) is 3.58. The average molecular weight is 319 g/mol. The van der Waals surface area contributed by atoms with E-state index in [2.05, 4.69) is 55.5 Å². The molecule has 1 aromatic carbocycles. The lowest BCUT2D eigenvalue weighted by Crippen LogP contribution is -2.44. The van der Waals surface area contributed by atoms with Crippen LogP contribution in [0.25, 0.3) is 0 Å². The van der Waals surface area contributed by atoms with Crippen LogP contribution in [0, 0.1) is 5.92 Å². The molecule has 4 nitrogen and oxygen atoms in total. The fourth-order valence-electron chi connectivity index (χ4n) is 1.97. The van der Waals surface area contributed by atoms with E-state index in [-0.39, 0.29) is 0 Å². The number of nitrogens with one attached hydrogen (secondary N) is 2. The van der Waals surface area contributed by atoms with Crippen LogP contribution in [0.2, 0.25) is 0 Å². The second-order valence-electron chi connectivity index (χ2n) is 6.18. The summed E-state index contributed by atoms with van der Waals surface area (Å²) in [5.74, 6) is 1.50. The lowest BCUT2D eigenvalue weighted by Gasteiger charge is -2.20. The van der Waals surface area contributed by atoms with Crippen molar-refractivity contribution in [2.24, 2.45) is 10.9 Å². The second kappa shape index (κ2) is 11.9. The van der Waals surface area contributed by atoms with Crippen molar-refractivity contribution in [3.05, 3.63) is 35.9 Å². The summed E-state index contributed by atoms with van der Waals surface area (Å²) >= 11 is 0. The maximum atomic E-state index is 5.69. The highest BCUT2D eigenvalue weighted by atomic mass is 16.5. The summed E-state index contributed by atoms with van der Waals surface area (Å²) in [6.45, 7) is 11.9. The summed E-state index contributed by atoms with van der Waals surface area (Å²) < 4.78 is 5.69. The zero-order chi connectivity index (χ0) is 16.9. The molecule has 0 saturated carbocycles. The molecule has 23 heavy (non-hydrogen) atoms. The van der Waals surface area contributed by atoms with Gasteiger partial charge in [0.1, 0.15) is 0 Å². The Morgan fingerprint density at radius 3 is 2.52 bits per heavy atom. The highest BCUT2D eigenvalue weighted by Gasteiger charge is 2.08. The van der Waals surface area contributed by atoms with Gasteiger partial charge in [-0.1, -0.05) is 44.2 Å². The quantitative estimate of drug-likeness (QED) is 0.394. The molecule has 0 heterocycles. The van der Waals surface area contributed by atoms with Gasteiger partial charge in [0.05, 0.1) is 6.61 Å². The van der Waals surface area contributed by atoms with Crippen LogP contribution >= 0.6 is 0 Å². The molecule has 1 rings (SSSR count). The van der Waals surface area contributed by atoms with Gasteiger partial charge in [-0.15, -0.1) is 0 Å². The number of benzene rings is 1. The van der Waals surface area contributed by atoms with E-state index in [0.29, 0.717) is 18.6 Å². The first-order chi connectivity index (χ1) is 11.1. The van der Waals surface area contributed by atoms with E-state index in [1.807, 2.05) is 18.2 Å². The fourth-order valence-corrected chi connectivity index (χ4v) is 1.97. The number of guanidine groups is 1. The Morgan fingerprint density at radius 2 is 1.87 bits per heavy atom. The highest BCUT2D eigenvalue weighted by Crippen LogP contribution is 2.02. The molecule has 0 aliphatic rings. The Morgan fingerprint density at radius 1 is 1.13 bits per heavy atom. The van der Waals surface area contributed by atoms with Crippen molar-refractivity contribution in [1.82, 2.24) is 10.6 Å². The average Bonchev–Trinajstić information content (AvgIpc) is 2.54. The minimum Gasteiger partial charge on any atom is -0.377 e. The normalized spacial score (nSPS) is 13.2. The third kappa shape index (κ3) is 9.24. The van der Waals surface area contributed by atoms with Crippen LogP contribution in [0.1, 0.15) is 46.1 Å². The molecule has 0 aliphatic heterocycles. The maximum Gasteiger partial charge on any atom is 0.191 e. The van der Waals surface area contributed by atoms with Gasteiger partial charge in [-0.05, 0) is 38.2 Å². The van der Waals surface area contributed by atoms with Crippen LogP contribution in [-0.4, -0.2) is 31.7 Å². The minimum absolute atomic E-state index is 0.419. The molecular formula is C19H33N3O. The Hall–Kier alpha value is -1.55. The van der Waals surface area contributed by atoms with Crippen LogP contribution in [0.15, 0.2) is 35.3 Å². The van der Waals surface area contributed by atoms with E-state index in [0.717, 1.165) is 38.5 Å². The summed E-state index contributed by atoms with van der Waals surface area (Å²) in [6, 6.07) is 10.7. The summed E-state index contributed by atoms with van der Waals surface area (Å²) in [5.41, 5.74) is 1.23. The van der Waals surface area contributed by atoms with Crippen molar-refractivity contribution < 1.29 is 4.74 Å². The Labute approximate surface area is 141 Å². The van der Waals surface area contributed by atoms with Gasteiger partial charge in [0, 0.05) is 25.7 Å². The Balaban J connectivity index is 2.16. The molecule has 0 saturated heterocycles. The van der Waals surface area contributed by atoms with Crippen molar-refractivity contribution in [2.45, 2.75) is 53.2 Å². The van der Waals surface area contributed by atoms with Gasteiger partial charge in [0.2, 0.25) is 0 Å². The fraction of sp³-hybridized carbons (Fsp3) is 0.632. The van der Waals surface area contributed by atoms with E-state index >= 15 is 0 Å². The smallest absolute Gasteiger partial charge is 0.191 e. The minimum atomic E-state index is 0.419. The molecule has 1 aromatic rings. The molecule has 0 spiro atoms. The molecule has 0 aliphatic carbocycles. The van der Waals surface area contributed by atoms with Crippen LogP contribution < -0.4 is 10.6 Å². The first-order valence-corrected chi connectivity index (χ1v) is 8.80. The molecular weight excluding hydrogens is 286 g/mol. The molecule has 1 unspecified atom stereocenters. The predicted molar refractivity (Wildman–Crippen MR) is 98.7 cm³/mol. The second-order valence-corrected chi connectivity index (χ2v) is 6.18. The molecule has 1 atom stereocenters. The van der Waals surface area contributed by atoms with Gasteiger partial charge in [0.15, 0.2) is 5.96 Å². The van der Waals surface area contributed by atoms with E-state index < -0.39 is 0 Å². The summed E-state index contributed by atoms with van der Waals surface area (Å²) in [5, 5.41) is 6.75. The highest BCUT2D eigenvalue weighted by molar-refractivity contribution is 5.80. The van der Waals surface area contributed by atoms with E-state index in [1.165, 1.54) is 5.56 Å². The van der Waals surface area contributed by atoms with E-state index in [4.69, 9.17) is 4.74 Å². The molecule has 0 fully saturated rings. The molecule has 0 amide bonds.